The molecule has 114 valence electrons. The molecule has 0 spiro atoms. The molecule has 5 nitrogen and oxygen atoms in total. The van der Waals surface area contributed by atoms with Crippen molar-refractivity contribution < 1.29 is 4.74 Å². The number of hydrogen-bond donors (Lipinski definition) is 0. The average Bonchev–Trinajstić information content (AvgIpc) is 3.23. The summed E-state index contributed by atoms with van der Waals surface area (Å²) in [4.78, 5) is 13.2. The van der Waals surface area contributed by atoms with Crippen LogP contribution in [0.15, 0.2) is 53.6 Å². The van der Waals surface area contributed by atoms with Crippen molar-refractivity contribution in [1.82, 2.24) is 19.5 Å². The molecule has 0 saturated carbocycles. The molecule has 0 aliphatic carbocycles. The summed E-state index contributed by atoms with van der Waals surface area (Å²) in [5.74, 6) is 1.60. The van der Waals surface area contributed by atoms with Gasteiger partial charge in [0.1, 0.15) is 18.2 Å². The molecule has 4 aromatic rings. The normalized spacial score (nSPS) is 11.0. The maximum Gasteiger partial charge on any atom is 0.147 e. The van der Waals surface area contributed by atoms with Crippen LogP contribution in [0.3, 0.4) is 0 Å². The Kier molecular flexibility index (Phi) is 3.51. The zero-order chi connectivity index (χ0) is 15.6. The van der Waals surface area contributed by atoms with E-state index in [1.807, 2.05) is 36.1 Å². The summed E-state index contributed by atoms with van der Waals surface area (Å²) >= 11 is 1.58. The lowest BCUT2D eigenvalue weighted by Gasteiger charge is -2.05. The summed E-state index contributed by atoms with van der Waals surface area (Å²) in [6, 6.07) is 9.88. The molecule has 3 aromatic heterocycles. The summed E-state index contributed by atoms with van der Waals surface area (Å²) in [6.45, 7) is 0.396. The van der Waals surface area contributed by atoms with Crippen LogP contribution in [0.4, 0.5) is 0 Å². The standard InChI is InChI=1S/C17H14N4OS/c1-21-15-6-2-5-13(14-10-23-11-19-14)17(15)20-16(21)9-22-12-4-3-7-18-8-12/h2-8,10-11H,9H2,1H3. The van der Waals surface area contributed by atoms with Gasteiger partial charge in [0.2, 0.25) is 0 Å². The number of hydrogen-bond acceptors (Lipinski definition) is 5. The van der Waals surface area contributed by atoms with E-state index in [4.69, 9.17) is 9.72 Å². The van der Waals surface area contributed by atoms with Crippen LogP contribution in [0.1, 0.15) is 5.82 Å². The topological polar surface area (TPSA) is 52.8 Å². The first-order chi connectivity index (χ1) is 11.3. The summed E-state index contributed by atoms with van der Waals surface area (Å²) in [5.41, 5.74) is 5.86. The number of imidazole rings is 1. The Bertz CT molecular complexity index is 932. The van der Waals surface area contributed by atoms with E-state index < -0.39 is 0 Å². The highest BCUT2D eigenvalue weighted by atomic mass is 32.1. The van der Waals surface area contributed by atoms with Crippen LogP contribution < -0.4 is 4.74 Å². The van der Waals surface area contributed by atoms with Crippen LogP contribution in [0.2, 0.25) is 0 Å². The maximum atomic E-state index is 5.77. The minimum Gasteiger partial charge on any atom is -0.484 e. The van der Waals surface area contributed by atoms with Crippen molar-refractivity contribution in [2.45, 2.75) is 6.61 Å². The van der Waals surface area contributed by atoms with Gasteiger partial charge in [-0.15, -0.1) is 11.3 Å². The van der Waals surface area contributed by atoms with Crippen LogP contribution in [-0.2, 0) is 13.7 Å². The van der Waals surface area contributed by atoms with E-state index in [2.05, 4.69) is 26.7 Å². The monoisotopic (exact) mass is 322 g/mol. The van der Waals surface area contributed by atoms with Crippen LogP contribution >= 0.6 is 11.3 Å². The van der Waals surface area contributed by atoms with Gasteiger partial charge in [-0.1, -0.05) is 12.1 Å². The van der Waals surface area contributed by atoms with Gasteiger partial charge in [0, 0.05) is 24.2 Å². The first kappa shape index (κ1) is 13.9. The lowest BCUT2D eigenvalue weighted by atomic mass is 10.1. The Hall–Kier alpha value is -2.73. The van der Waals surface area contributed by atoms with Crippen molar-refractivity contribution in [3.8, 4) is 17.0 Å². The highest BCUT2D eigenvalue weighted by Crippen LogP contribution is 2.28. The van der Waals surface area contributed by atoms with Crippen molar-refractivity contribution in [3.05, 3.63) is 59.4 Å². The maximum absolute atomic E-state index is 5.77. The number of fused-ring (bicyclic) bond motifs is 1. The minimum absolute atomic E-state index is 0.396. The van der Waals surface area contributed by atoms with Crippen LogP contribution in [0, 0.1) is 0 Å². The van der Waals surface area contributed by atoms with Gasteiger partial charge in [0.15, 0.2) is 0 Å². The van der Waals surface area contributed by atoms with Gasteiger partial charge in [0.05, 0.1) is 28.4 Å². The molecule has 0 N–H and O–H groups in total. The molecule has 0 bridgehead atoms. The molecule has 0 aliphatic rings. The molecule has 23 heavy (non-hydrogen) atoms. The Balaban J connectivity index is 1.71. The molecule has 3 heterocycles. The van der Waals surface area contributed by atoms with E-state index >= 15 is 0 Å². The molecule has 0 unspecified atom stereocenters. The zero-order valence-electron chi connectivity index (χ0n) is 12.5. The summed E-state index contributed by atoms with van der Waals surface area (Å²) in [7, 11) is 2.00. The number of thiazole rings is 1. The molecule has 4 rings (SSSR count). The van der Waals surface area contributed by atoms with Gasteiger partial charge in [-0.05, 0) is 18.2 Å². The Morgan fingerprint density at radius 1 is 1.22 bits per heavy atom. The van der Waals surface area contributed by atoms with Gasteiger partial charge in [-0.3, -0.25) is 4.98 Å². The number of rotatable bonds is 4. The minimum atomic E-state index is 0.396. The fourth-order valence-corrected chi connectivity index (χ4v) is 3.08. The quantitative estimate of drug-likeness (QED) is 0.575. The molecule has 0 aliphatic heterocycles. The van der Waals surface area contributed by atoms with Crippen molar-refractivity contribution >= 4 is 22.4 Å². The van der Waals surface area contributed by atoms with Gasteiger partial charge in [-0.2, -0.15) is 0 Å². The predicted molar refractivity (Wildman–Crippen MR) is 90.4 cm³/mol. The largest absolute Gasteiger partial charge is 0.484 e. The number of ether oxygens (including phenoxy) is 1. The SMILES string of the molecule is Cn1c(COc2cccnc2)nc2c(-c3cscn3)cccc21. The summed E-state index contributed by atoms with van der Waals surface area (Å²) < 4.78 is 7.83. The number of para-hydroxylation sites is 1. The Morgan fingerprint density at radius 3 is 2.96 bits per heavy atom. The van der Waals surface area contributed by atoms with Crippen LogP contribution in [0.25, 0.3) is 22.3 Å². The second-order valence-electron chi connectivity index (χ2n) is 5.11. The van der Waals surface area contributed by atoms with E-state index in [9.17, 15) is 0 Å². The molecular weight excluding hydrogens is 308 g/mol. The lowest BCUT2D eigenvalue weighted by Crippen LogP contribution is -2.03. The first-order valence-electron chi connectivity index (χ1n) is 7.18. The van der Waals surface area contributed by atoms with Gasteiger partial charge < -0.3 is 9.30 Å². The molecule has 1 aromatic carbocycles. The van der Waals surface area contributed by atoms with E-state index in [0.29, 0.717) is 6.61 Å². The first-order valence-corrected chi connectivity index (χ1v) is 8.13. The lowest BCUT2D eigenvalue weighted by molar-refractivity contribution is 0.291. The predicted octanol–water partition coefficient (Wildman–Crippen LogP) is 3.67. The van der Waals surface area contributed by atoms with E-state index in [0.717, 1.165) is 33.9 Å². The van der Waals surface area contributed by atoms with Gasteiger partial charge in [0.25, 0.3) is 0 Å². The Morgan fingerprint density at radius 2 is 2.17 bits per heavy atom. The van der Waals surface area contributed by atoms with Crippen molar-refractivity contribution in [1.29, 1.82) is 0 Å². The third kappa shape index (κ3) is 2.57. The van der Waals surface area contributed by atoms with Crippen LogP contribution in [-0.4, -0.2) is 19.5 Å². The van der Waals surface area contributed by atoms with Crippen LogP contribution in [0.5, 0.6) is 5.75 Å². The fraction of sp³-hybridized carbons (Fsp3) is 0.118. The van der Waals surface area contributed by atoms with E-state index in [1.165, 1.54) is 0 Å². The molecule has 0 radical (unpaired) electrons. The Labute approximate surface area is 137 Å². The van der Waals surface area contributed by atoms with Crippen molar-refractivity contribution in [3.63, 3.8) is 0 Å². The molecule has 0 amide bonds. The van der Waals surface area contributed by atoms with E-state index in [1.54, 1.807) is 23.7 Å². The third-order valence-corrected chi connectivity index (χ3v) is 4.30. The van der Waals surface area contributed by atoms with Gasteiger partial charge in [-0.25, -0.2) is 9.97 Å². The number of aryl methyl sites for hydroxylation is 1. The summed E-state index contributed by atoms with van der Waals surface area (Å²) in [5, 5.41) is 2.04. The number of aromatic nitrogens is 4. The smallest absolute Gasteiger partial charge is 0.147 e. The molecule has 0 saturated heterocycles. The average molecular weight is 322 g/mol. The number of pyridine rings is 1. The molecule has 0 fully saturated rings. The molecule has 6 heteroatoms. The summed E-state index contributed by atoms with van der Waals surface area (Å²) in [6.07, 6.45) is 3.42. The highest BCUT2D eigenvalue weighted by Gasteiger charge is 2.13. The fourth-order valence-electron chi connectivity index (χ4n) is 2.52. The molecular formula is C17H14N4OS. The molecule has 0 atom stereocenters. The van der Waals surface area contributed by atoms with Crippen molar-refractivity contribution in [2.75, 3.05) is 0 Å². The van der Waals surface area contributed by atoms with Crippen molar-refractivity contribution in [2.24, 2.45) is 7.05 Å². The third-order valence-electron chi connectivity index (χ3n) is 3.71. The van der Waals surface area contributed by atoms with Gasteiger partial charge >= 0.3 is 0 Å². The number of nitrogens with zero attached hydrogens (tertiary/aromatic N) is 4. The second-order valence-corrected chi connectivity index (χ2v) is 5.83. The zero-order valence-corrected chi connectivity index (χ0v) is 13.3. The number of benzene rings is 1. The second kappa shape index (κ2) is 5.81. The highest BCUT2D eigenvalue weighted by molar-refractivity contribution is 7.07. The van der Waals surface area contributed by atoms with E-state index in [-0.39, 0.29) is 0 Å².